The number of morpholine rings is 1. The van der Waals surface area contributed by atoms with Crippen LogP contribution >= 0.6 is 0 Å². The number of anilines is 2. The van der Waals surface area contributed by atoms with E-state index in [1.165, 1.54) is 4.90 Å². The van der Waals surface area contributed by atoms with E-state index in [0.717, 1.165) is 0 Å². The second-order valence-corrected chi connectivity index (χ2v) is 11.9. The Hall–Kier alpha value is -3.98. The molecule has 1 aromatic rings. The number of phenolic OH excluding ortho intramolecular Hbond substituents is 1. The highest BCUT2D eigenvalue weighted by molar-refractivity contribution is 6.24. The topological polar surface area (TPSA) is 206 Å². The number of aliphatic hydroxyl groups excluding tert-OH is 2. The molecule has 1 aromatic carbocycles. The first-order valence-electron chi connectivity index (χ1n) is 14.0. The molecule has 7 N–H and O–H groups in total. The van der Waals surface area contributed by atoms with Crippen LogP contribution in [0.5, 0.6) is 5.75 Å². The third kappa shape index (κ3) is 4.74. The van der Waals surface area contributed by atoms with Gasteiger partial charge in [0.05, 0.1) is 37.1 Å². The van der Waals surface area contributed by atoms with E-state index < -0.39 is 69.7 Å². The molecule has 1 saturated carbocycles. The number of fused-ring (bicyclic) bond motifs is 3. The van der Waals surface area contributed by atoms with Gasteiger partial charge < -0.3 is 41.1 Å². The van der Waals surface area contributed by atoms with Crippen molar-refractivity contribution in [3.8, 4) is 5.75 Å². The Morgan fingerprint density at radius 3 is 2.37 bits per heavy atom. The highest BCUT2D eigenvalue weighted by Crippen LogP contribution is 2.54. The first-order valence-corrected chi connectivity index (χ1v) is 14.0. The fourth-order valence-corrected chi connectivity index (χ4v) is 6.94. The lowest BCUT2D eigenvalue weighted by atomic mass is 9.57. The van der Waals surface area contributed by atoms with Crippen LogP contribution in [0.25, 0.3) is 5.76 Å². The van der Waals surface area contributed by atoms with Gasteiger partial charge in [0.15, 0.2) is 11.4 Å². The van der Waals surface area contributed by atoms with E-state index >= 15 is 0 Å². The van der Waals surface area contributed by atoms with Gasteiger partial charge in [-0.15, -0.1) is 0 Å². The Balaban J connectivity index is 1.62. The van der Waals surface area contributed by atoms with Gasteiger partial charge >= 0.3 is 0 Å². The van der Waals surface area contributed by atoms with Gasteiger partial charge in [-0.3, -0.25) is 29.0 Å². The number of nitrogens with two attached hydrogens (primary N) is 1. The normalized spacial score (nSPS) is 27.5. The number of hydrogen-bond donors (Lipinski definition) is 6. The molecule has 232 valence electrons. The van der Waals surface area contributed by atoms with E-state index in [4.69, 9.17) is 10.5 Å². The molecule has 14 nitrogen and oxygen atoms in total. The number of amides is 2. The molecule has 3 aliphatic carbocycles. The van der Waals surface area contributed by atoms with Crippen molar-refractivity contribution in [2.45, 2.75) is 24.5 Å². The largest absolute Gasteiger partial charge is 0.508 e. The predicted octanol–water partition coefficient (Wildman–Crippen LogP) is -0.699. The van der Waals surface area contributed by atoms with E-state index in [-0.39, 0.29) is 36.2 Å². The molecule has 0 unspecified atom stereocenters. The van der Waals surface area contributed by atoms with E-state index in [9.17, 15) is 39.6 Å². The van der Waals surface area contributed by atoms with Crippen LogP contribution in [0.1, 0.15) is 17.5 Å². The molecule has 0 radical (unpaired) electrons. The van der Waals surface area contributed by atoms with Crippen molar-refractivity contribution < 1.29 is 44.3 Å². The number of primary amides is 1. The van der Waals surface area contributed by atoms with Crippen LogP contribution in [0.2, 0.25) is 0 Å². The zero-order valence-electron chi connectivity index (χ0n) is 24.5. The van der Waals surface area contributed by atoms with Crippen molar-refractivity contribution in [2.75, 3.05) is 71.3 Å². The summed E-state index contributed by atoms with van der Waals surface area (Å²) < 4.78 is 5.32. The molecule has 0 spiro atoms. The average molecular weight is 600 g/mol. The lowest BCUT2D eigenvalue weighted by Crippen LogP contribution is -2.65. The highest BCUT2D eigenvalue weighted by Gasteiger charge is 2.64. The van der Waals surface area contributed by atoms with Gasteiger partial charge in [-0.1, -0.05) is 0 Å². The van der Waals surface area contributed by atoms with Crippen LogP contribution in [-0.2, 0) is 30.3 Å². The molecular weight excluding hydrogens is 562 g/mol. The fourth-order valence-electron chi connectivity index (χ4n) is 6.94. The maximum Gasteiger partial charge on any atom is 0.255 e. The summed E-state index contributed by atoms with van der Waals surface area (Å²) in [6.45, 7) is 2.21. The molecule has 1 aliphatic heterocycles. The van der Waals surface area contributed by atoms with Crippen LogP contribution in [-0.4, -0.2) is 126 Å². The van der Waals surface area contributed by atoms with Gasteiger partial charge in [0.25, 0.3) is 5.91 Å². The number of rotatable bonds is 6. The van der Waals surface area contributed by atoms with E-state index in [1.54, 1.807) is 39.2 Å². The van der Waals surface area contributed by atoms with Gasteiger partial charge in [0.2, 0.25) is 11.7 Å². The van der Waals surface area contributed by atoms with Crippen LogP contribution in [0.4, 0.5) is 11.4 Å². The second-order valence-electron chi connectivity index (χ2n) is 11.9. The number of ether oxygens (including phenoxy) is 1. The molecule has 2 fully saturated rings. The van der Waals surface area contributed by atoms with Gasteiger partial charge in [-0.25, -0.2) is 0 Å². The zero-order chi connectivity index (χ0) is 31.5. The van der Waals surface area contributed by atoms with Crippen molar-refractivity contribution >= 4 is 40.5 Å². The number of phenols is 1. The third-order valence-electron chi connectivity index (χ3n) is 8.92. The van der Waals surface area contributed by atoms with Crippen LogP contribution in [0.15, 0.2) is 23.0 Å². The highest BCUT2D eigenvalue weighted by atomic mass is 16.5. The van der Waals surface area contributed by atoms with Crippen molar-refractivity contribution in [1.29, 1.82) is 0 Å². The van der Waals surface area contributed by atoms with Gasteiger partial charge in [0.1, 0.15) is 22.8 Å². The smallest absolute Gasteiger partial charge is 0.255 e. The summed E-state index contributed by atoms with van der Waals surface area (Å²) in [7, 11) is 6.60. The molecular formula is C29H37N5O9. The summed E-state index contributed by atoms with van der Waals surface area (Å²) in [4.78, 5) is 57.5. The van der Waals surface area contributed by atoms with Gasteiger partial charge in [0, 0.05) is 44.4 Å². The molecule has 1 heterocycles. The van der Waals surface area contributed by atoms with Crippen LogP contribution in [0.3, 0.4) is 0 Å². The minimum atomic E-state index is -2.73. The van der Waals surface area contributed by atoms with Crippen LogP contribution in [0, 0.1) is 11.8 Å². The Kier molecular flexibility index (Phi) is 7.75. The summed E-state index contributed by atoms with van der Waals surface area (Å²) in [5, 5.41) is 48.4. The lowest BCUT2D eigenvalue weighted by Gasteiger charge is -2.50. The quantitative estimate of drug-likeness (QED) is 0.177. The molecule has 0 bridgehead atoms. The summed E-state index contributed by atoms with van der Waals surface area (Å²) in [6, 6.07) is 0.425. The van der Waals surface area contributed by atoms with Crippen molar-refractivity contribution in [3.05, 3.63) is 34.1 Å². The van der Waals surface area contributed by atoms with Gasteiger partial charge in [-0.05, 0) is 44.5 Å². The lowest BCUT2D eigenvalue weighted by molar-refractivity contribution is -0.153. The Morgan fingerprint density at radius 2 is 1.79 bits per heavy atom. The monoisotopic (exact) mass is 599 g/mol. The third-order valence-corrected chi connectivity index (χ3v) is 8.92. The van der Waals surface area contributed by atoms with Gasteiger partial charge in [-0.2, -0.15) is 0 Å². The average Bonchev–Trinajstić information content (AvgIpc) is 2.92. The number of hydrogen-bond acceptors (Lipinski definition) is 12. The Morgan fingerprint density at radius 1 is 1.14 bits per heavy atom. The fraction of sp³-hybridized carbons (Fsp3) is 0.517. The number of nitrogens with one attached hydrogen (secondary N) is 1. The number of aromatic hydroxyl groups is 1. The maximum absolute atomic E-state index is 14.1. The molecule has 1 saturated heterocycles. The number of likely N-dealkylation sites (N-methyl/N-ethyl adjacent to an activating group) is 1. The van der Waals surface area contributed by atoms with E-state index in [0.29, 0.717) is 37.6 Å². The Labute approximate surface area is 248 Å². The van der Waals surface area contributed by atoms with E-state index in [2.05, 4.69) is 5.32 Å². The van der Waals surface area contributed by atoms with Crippen molar-refractivity contribution in [1.82, 2.24) is 9.80 Å². The molecule has 43 heavy (non-hydrogen) atoms. The number of carbonyl (C=O) groups excluding carboxylic acids is 4. The van der Waals surface area contributed by atoms with Crippen LogP contribution < -0.4 is 16.0 Å². The minimum Gasteiger partial charge on any atom is -0.508 e. The summed E-state index contributed by atoms with van der Waals surface area (Å²) >= 11 is 0. The standard InChI is InChI=1S/C29H37N5O9/c1-32(2)17-11-16(31-18(35)12-34-5-7-43-8-6-34)23(36)20-14(17)9-13-10-15-22(33(3)4)25(38)21(28(30)41)27(40)29(15,42)26(39)19(13)24(20)37/h11,13,15,22,36-37,40,42H,5-10,12H2,1-4H3,(H2,30,41)(H,31,35)/t13-,15-,22-,29-/m0/s1. The zero-order valence-corrected chi connectivity index (χ0v) is 24.5. The second kappa shape index (κ2) is 10.9. The number of Topliss-reactive ketones (excluding diaryl/α,β-unsaturated/α-hetero) is 2. The first kappa shape index (κ1) is 30.5. The van der Waals surface area contributed by atoms with Crippen molar-refractivity contribution in [2.24, 2.45) is 17.6 Å². The molecule has 4 atom stereocenters. The number of benzene rings is 1. The van der Waals surface area contributed by atoms with Crippen molar-refractivity contribution in [3.63, 3.8) is 0 Å². The molecule has 4 aliphatic rings. The first-order chi connectivity index (χ1) is 20.2. The summed E-state index contributed by atoms with van der Waals surface area (Å²) in [5.41, 5.74) is 2.51. The maximum atomic E-state index is 14.1. The SMILES string of the molecule is CN(C)c1cc(NC(=O)CN2CCOCC2)c(O)c2c1C[C@H]1C[C@H]3[C@H](N(C)C)C(=O)C(C(N)=O)=C(O)[C@@]3(O)C(=O)C1=C2O. The molecule has 14 heteroatoms. The van der Waals surface area contributed by atoms with E-state index in [1.807, 2.05) is 4.90 Å². The number of ketones is 2. The Bertz CT molecular complexity index is 1480. The predicted molar refractivity (Wildman–Crippen MR) is 154 cm³/mol. The molecule has 0 aromatic heterocycles. The molecule has 2 amide bonds. The number of aliphatic hydroxyl groups is 3. The molecule has 5 rings (SSSR count). The number of carbonyl (C=O) groups is 4. The minimum absolute atomic E-state index is 0.0147. The summed E-state index contributed by atoms with van der Waals surface area (Å²) in [5.74, 6) is -7.71. The number of nitrogens with zero attached hydrogens (tertiary/aromatic N) is 3. The summed E-state index contributed by atoms with van der Waals surface area (Å²) in [6.07, 6.45) is 0.120.